The maximum atomic E-state index is 12.0. The van der Waals surface area contributed by atoms with E-state index >= 15 is 0 Å². The zero-order chi connectivity index (χ0) is 18.0. The number of hydrogen-bond acceptors (Lipinski definition) is 3. The Balaban J connectivity index is 2.73. The van der Waals surface area contributed by atoms with Crippen molar-refractivity contribution < 1.29 is 19.4 Å². The molecule has 1 rings (SSSR count). The van der Waals surface area contributed by atoms with Crippen LogP contribution in [-0.2, 0) is 14.3 Å². The summed E-state index contributed by atoms with van der Waals surface area (Å²) in [6.07, 6.45) is 12.2. The van der Waals surface area contributed by atoms with E-state index in [1.165, 1.54) is 0 Å². The lowest BCUT2D eigenvalue weighted by atomic mass is 9.72. The fraction of sp³-hybridized carbons (Fsp3) is 0.700. The number of carboxylic acid groups (broad SMARTS) is 1. The molecule has 24 heavy (non-hydrogen) atoms. The molecule has 1 N–H and O–H groups in total. The number of carbonyl (C=O) groups excluding carboxylic acids is 1. The van der Waals surface area contributed by atoms with Crippen molar-refractivity contribution in [2.24, 2.45) is 11.3 Å². The molecule has 2 unspecified atom stereocenters. The second-order valence-corrected chi connectivity index (χ2v) is 6.77. The van der Waals surface area contributed by atoms with Crippen molar-refractivity contribution in [3.63, 3.8) is 0 Å². The summed E-state index contributed by atoms with van der Waals surface area (Å²) in [5.41, 5.74) is -0.411. The summed E-state index contributed by atoms with van der Waals surface area (Å²) in [6.45, 7) is 6.73. The molecule has 0 amide bonds. The van der Waals surface area contributed by atoms with Crippen molar-refractivity contribution in [2.75, 3.05) is 6.61 Å². The minimum Gasteiger partial charge on any atom is -0.481 e. The van der Waals surface area contributed by atoms with E-state index in [9.17, 15) is 14.7 Å². The molecule has 0 spiro atoms. The van der Waals surface area contributed by atoms with Crippen molar-refractivity contribution in [3.8, 4) is 0 Å². The zero-order valence-corrected chi connectivity index (χ0v) is 15.3. The van der Waals surface area contributed by atoms with Crippen LogP contribution >= 0.6 is 0 Å². The molecule has 1 aliphatic carbocycles. The molecule has 2 atom stereocenters. The smallest absolute Gasteiger partial charge is 0.337 e. The second-order valence-electron chi connectivity index (χ2n) is 6.77. The molecule has 0 fully saturated rings. The minimum atomic E-state index is -0.887. The predicted molar refractivity (Wildman–Crippen MR) is 95.7 cm³/mol. The Morgan fingerprint density at radius 2 is 1.96 bits per heavy atom. The van der Waals surface area contributed by atoms with Gasteiger partial charge in [-0.05, 0) is 25.2 Å². The van der Waals surface area contributed by atoms with E-state index in [1.807, 2.05) is 6.92 Å². The van der Waals surface area contributed by atoms with Gasteiger partial charge in [0.05, 0.1) is 17.6 Å². The Kier molecular flexibility index (Phi) is 8.80. The lowest BCUT2D eigenvalue weighted by molar-refractivity contribution is -0.147. The molecule has 0 saturated carbocycles. The summed E-state index contributed by atoms with van der Waals surface area (Å²) in [7, 11) is 0. The van der Waals surface area contributed by atoms with E-state index in [2.05, 4.69) is 13.8 Å². The van der Waals surface area contributed by atoms with Gasteiger partial charge < -0.3 is 9.84 Å². The van der Waals surface area contributed by atoms with E-state index < -0.39 is 11.4 Å². The van der Waals surface area contributed by atoms with E-state index in [-0.39, 0.29) is 5.97 Å². The minimum absolute atomic E-state index is 0.350. The molecule has 0 aromatic carbocycles. The highest BCUT2D eigenvalue weighted by molar-refractivity contribution is 5.93. The standard InChI is InChI=1S/C20H32O4/c1-4-7-9-16(6-3)15-20(19(22)23)12-10-17(11-13-20)18(21)24-14-8-5-2/h10-12,16H,4-9,13-15H2,1-3H3,(H,22,23). The summed E-state index contributed by atoms with van der Waals surface area (Å²) < 4.78 is 5.20. The summed E-state index contributed by atoms with van der Waals surface area (Å²) in [5, 5.41) is 9.76. The van der Waals surface area contributed by atoms with Crippen molar-refractivity contribution >= 4 is 11.9 Å². The van der Waals surface area contributed by atoms with Crippen LogP contribution in [0, 0.1) is 11.3 Å². The highest BCUT2D eigenvalue weighted by atomic mass is 16.5. The third-order valence-corrected chi connectivity index (χ3v) is 4.86. The molecule has 0 radical (unpaired) electrons. The number of carbonyl (C=O) groups is 2. The van der Waals surface area contributed by atoms with Gasteiger partial charge in [0.25, 0.3) is 0 Å². The molecular weight excluding hydrogens is 304 g/mol. The van der Waals surface area contributed by atoms with Gasteiger partial charge in [-0.15, -0.1) is 0 Å². The fourth-order valence-electron chi connectivity index (χ4n) is 3.08. The van der Waals surface area contributed by atoms with Gasteiger partial charge in [0, 0.05) is 0 Å². The molecule has 0 aromatic heterocycles. The molecule has 4 nitrogen and oxygen atoms in total. The first-order chi connectivity index (χ1) is 11.5. The van der Waals surface area contributed by atoms with Gasteiger partial charge in [0.1, 0.15) is 0 Å². The predicted octanol–water partition coefficient (Wildman–Crippen LogP) is 4.89. The first-order valence-electron chi connectivity index (χ1n) is 9.29. The lowest BCUT2D eigenvalue weighted by Crippen LogP contribution is -2.33. The van der Waals surface area contributed by atoms with Gasteiger partial charge in [0.2, 0.25) is 0 Å². The number of unbranched alkanes of at least 4 members (excludes halogenated alkanes) is 2. The van der Waals surface area contributed by atoms with Gasteiger partial charge in [-0.1, -0.05) is 71.1 Å². The highest BCUT2D eigenvalue weighted by Crippen LogP contribution is 2.39. The van der Waals surface area contributed by atoms with Crippen LogP contribution in [0.3, 0.4) is 0 Å². The number of hydrogen-bond donors (Lipinski definition) is 1. The summed E-state index contributed by atoms with van der Waals surface area (Å²) in [6, 6.07) is 0. The average Bonchev–Trinajstić information content (AvgIpc) is 2.59. The van der Waals surface area contributed by atoms with Crippen molar-refractivity contribution in [2.45, 2.75) is 72.1 Å². The largest absolute Gasteiger partial charge is 0.481 e. The third kappa shape index (κ3) is 5.81. The number of ether oxygens (including phenoxy) is 1. The number of esters is 1. The van der Waals surface area contributed by atoms with E-state index in [1.54, 1.807) is 18.2 Å². The molecule has 0 heterocycles. The van der Waals surface area contributed by atoms with Crippen LogP contribution in [0.5, 0.6) is 0 Å². The maximum Gasteiger partial charge on any atom is 0.337 e. The first kappa shape index (κ1) is 20.5. The quantitative estimate of drug-likeness (QED) is 0.431. The third-order valence-electron chi connectivity index (χ3n) is 4.86. The van der Waals surface area contributed by atoms with Crippen molar-refractivity contribution in [1.82, 2.24) is 0 Å². The average molecular weight is 336 g/mol. The Morgan fingerprint density at radius 3 is 2.46 bits per heavy atom. The number of rotatable bonds is 11. The lowest BCUT2D eigenvalue weighted by Gasteiger charge is -2.31. The fourth-order valence-corrected chi connectivity index (χ4v) is 3.08. The van der Waals surface area contributed by atoms with Crippen LogP contribution in [0.25, 0.3) is 0 Å². The van der Waals surface area contributed by atoms with Gasteiger partial charge >= 0.3 is 11.9 Å². The van der Waals surface area contributed by atoms with Crippen molar-refractivity contribution in [3.05, 3.63) is 23.8 Å². The van der Waals surface area contributed by atoms with Crippen LogP contribution in [-0.4, -0.2) is 23.7 Å². The Hall–Kier alpha value is -1.58. The Labute approximate surface area is 146 Å². The number of allylic oxidation sites excluding steroid dienone is 1. The topological polar surface area (TPSA) is 63.6 Å². The first-order valence-corrected chi connectivity index (χ1v) is 9.29. The van der Waals surface area contributed by atoms with E-state index in [0.29, 0.717) is 30.9 Å². The highest BCUT2D eigenvalue weighted by Gasteiger charge is 2.38. The summed E-state index contributed by atoms with van der Waals surface area (Å²) in [4.78, 5) is 23.9. The SMILES string of the molecule is CCCCOC(=O)C1=CCC(CC(CC)CCCC)(C(=O)O)C=C1. The van der Waals surface area contributed by atoms with Crippen LogP contribution in [0.4, 0.5) is 0 Å². The molecule has 0 bridgehead atoms. The Morgan fingerprint density at radius 1 is 1.25 bits per heavy atom. The van der Waals surface area contributed by atoms with E-state index in [0.717, 1.165) is 38.5 Å². The molecular formula is C20H32O4. The Bertz CT molecular complexity index is 478. The van der Waals surface area contributed by atoms with Crippen LogP contribution in [0.1, 0.15) is 72.1 Å². The maximum absolute atomic E-state index is 12.0. The monoisotopic (exact) mass is 336 g/mol. The zero-order valence-electron chi connectivity index (χ0n) is 15.3. The van der Waals surface area contributed by atoms with Gasteiger partial charge in [-0.3, -0.25) is 4.79 Å². The van der Waals surface area contributed by atoms with Crippen LogP contribution < -0.4 is 0 Å². The molecule has 136 valence electrons. The summed E-state index contributed by atoms with van der Waals surface area (Å²) >= 11 is 0. The van der Waals surface area contributed by atoms with Gasteiger partial charge in [-0.2, -0.15) is 0 Å². The van der Waals surface area contributed by atoms with Gasteiger partial charge in [-0.25, -0.2) is 4.79 Å². The molecule has 1 aliphatic rings. The second kappa shape index (κ2) is 10.3. The normalized spacial score (nSPS) is 21.2. The van der Waals surface area contributed by atoms with Crippen molar-refractivity contribution in [1.29, 1.82) is 0 Å². The van der Waals surface area contributed by atoms with Crippen LogP contribution in [0.15, 0.2) is 23.8 Å². The molecule has 0 aromatic rings. The molecule has 4 heteroatoms. The van der Waals surface area contributed by atoms with E-state index in [4.69, 9.17) is 4.74 Å². The molecule has 0 aliphatic heterocycles. The number of aliphatic carboxylic acids is 1. The van der Waals surface area contributed by atoms with Crippen LogP contribution in [0.2, 0.25) is 0 Å². The summed E-state index contributed by atoms with van der Waals surface area (Å²) in [5.74, 6) is -0.753. The van der Waals surface area contributed by atoms with Gasteiger partial charge in [0.15, 0.2) is 0 Å². The molecule has 0 saturated heterocycles. The number of carboxylic acids is 1.